The molecule has 0 aromatic carbocycles. The Bertz CT molecular complexity index is 486. The third kappa shape index (κ3) is 4.84. The van der Waals surface area contributed by atoms with E-state index in [4.69, 9.17) is 0 Å². The quantitative estimate of drug-likeness (QED) is 0.837. The van der Waals surface area contributed by atoms with E-state index in [1.165, 1.54) is 0 Å². The van der Waals surface area contributed by atoms with Crippen LogP contribution in [0.4, 0.5) is 5.69 Å². The van der Waals surface area contributed by atoms with Crippen molar-refractivity contribution < 1.29 is 0 Å². The molecular weight excluding hydrogens is 264 g/mol. The molecule has 1 rings (SSSR count). The van der Waals surface area contributed by atoms with E-state index in [9.17, 15) is 4.79 Å². The molecule has 0 saturated heterocycles. The Morgan fingerprint density at radius 2 is 1.90 bits per heavy atom. The first-order chi connectivity index (χ1) is 9.83. The van der Waals surface area contributed by atoms with Gasteiger partial charge in [0.1, 0.15) is 0 Å². The first-order valence-corrected chi connectivity index (χ1v) is 7.88. The average Bonchev–Trinajstić information content (AvgIpc) is 2.41. The highest BCUT2D eigenvalue weighted by atomic mass is 16.1. The van der Waals surface area contributed by atoms with Gasteiger partial charge in [0.15, 0.2) is 0 Å². The van der Waals surface area contributed by atoms with Gasteiger partial charge in [-0.25, -0.2) is 4.68 Å². The molecule has 1 atom stereocenters. The van der Waals surface area contributed by atoms with Crippen molar-refractivity contribution in [3.05, 3.63) is 22.6 Å². The fraction of sp³-hybridized carbons (Fsp3) is 0.750. The van der Waals surface area contributed by atoms with Crippen LogP contribution >= 0.6 is 0 Å². The van der Waals surface area contributed by atoms with Crippen LogP contribution in [0.2, 0.25) is 0 Å². The normalized spacial score (nSPS) is 13.2. The van der Waals surface area contributed by atoms with Crippen molar-refractivity contribution in [2.24, 2.45) is 5.41 Å². The van der Waals surface area contributed by atoms with Gasteiger partial charge < -0.3 is 10.2 Å². The maximum absolute atomic E-state index is 12.3. The number of hydrogen-bond acceptors (Lipinski definition) is 4. The van der Waals surface area contributed by atoms with E-state index in [0.29, 0.717) is 6.54 Å². The molecule has 0 aliphatic carbocycles. The van der Waals surface area contributed by atoms with Crippen molar-refractivity contribution >= 4 is 5.69 Å². The van der Waals surface area contributed by atoms with Crippen molar-refractivity contribution in [2.45, 2.75) is 54.1 Å². The zero-order chi connectivity index (χ0) is 16.0. The van der Waals surface area contributed by atoms with Crippen LogP contribution in [0, 0.1) is 5.41 Å². The molecule has 1 aromatic rings. The van der Waals surface area contributed by atoms with Gasteiger partial charge >= 0.3 is 0 Å². The number of nitrogens with one attached hydrogen (secondary N) is 1. The highest BCUT2D eigenvalue weighted by Gasteiger charge is 2.24. The number of hydrogen-bond donors (Lipinski definition) is 1. The molecule has 1 heterocycles. The minimum atomic E-state index is -0.0356. The van der Waals surface area contributed by atoms with E-state index in [2.05, 4.69) is 56.9 Å². The Labute approximate surface area is 128 Å². The van der Waals surface area contributed by atoms with E-state index >= 15 is 0 Å². The summed E-state index contributed by atoms with van der Waals surface area (Å²) in [6, 6.07) is 1.90. The summed E-state index contributed by atoms with van der Waals surface area (Å²) in [7, 11) is 0. The number of rotatable bonds is 7. The van der Waals surface area contributed by atoms with Gasteiger partial charge in [0.05, 0.1) is 18.4 Å². The summed E-state index contributed by atoms with van der Waals surface area (Å²) in [6.45, 7) is 16.0. The number of likely N-dealkylation sites (N-methyl/N-ethyl adjacent to an activating group) is 1. The number of aromatic nitrogens is 2. The third-order valence-electron chi connectivity index (χ3n) is 3.84. The molecule has 0 spiro atoms. The van der Waals surface area contributed by atoms with Crippen molar-refractivity contribution in [3.8, 4) is 0 Å². The van der Waals surface area contributed by atoms with Crippen molar-refractivity contribution in [1.29, 1.82) is 0 Å². The van der Waals surface area contributed by atoms with Crippen LogP contribution in [0.5, 0.6) is 0 Å². The Morgan fingerprint density at radius 3 is 2.33 bits per heavy atom. The van der Waals surface area contributed by atoms with Crippen LogP contribution in [0.1, 0.15) is 41.5 Å². The van der Waals surface area contributed by atoms with Crippen LogP contribution in [0.3, 0.4) is 0 Å². The first kappa shape index (κ1) is 17.7. The molecule has 0 fully saturated rings. The van der Waals surface area contributed by atoms with Crippen molar-refractivity contribution in [3.63, 3.8) is 0 Å². The van der Waals surface area contributed by atoms with Crippen LogP contribution in [-0.4, -0.2) is 35.5 Å². The summed E-state index contributed by atoms with van der Waals surface area (Å²) in [5.41, 5.74) is 0.942. The Hall–Kier alpha value is -1.36. The minimum absolute atomic E-state index is 0.0356. The zero-order valence-electron chi connectivity index (χ0n) is 14.3. The molecule has 0 aliphatic rings. The lowest BCUT2D eigenvalue weighted by Gasteiger charge is -2.31. The van der Waals surface area contributed by atoms with Gasteiger partial charge in [-0.1, -0.05) is 27.7 Å². The van der Waals surface area contributed by atoms with Gasteiger partial charge in [-0.05, 0) is 25.8 Å². The molecule has 120 valence electrons. The summed E-state index contributed by atoms with van der Waals surface area (Å²) in [4.78, 5) is 14.4. The SMILES string of the molecule is CCNC(Cn1ncc(N(CC)CC)cc1=O)C(C)(C)C. The second-order valence-electron chi connectivity index (χ2n) is 6.38. The first-order valence-electron chi connectivity index (χ1n) is 7.88. The van der Waals surface area contributed by atoms with Gasteiger partial charge in [0, 0.05) is 25.2 Å². The summed E-state index contributed by atoms with van der Waals surface area (Å²) in [6.07, 6.45) is 1.79. The van der Waals surface area contributed by atoms with Crippen LogP contribution < -0.4 is 15.8 Å². The molecule has 0 aliphatic heterocycles. The van der Waals surface area contributed by atoms with Crippen LogP contribution in [-0.2, 0) is 6.54 Å². The van der Waals surface area contributed by atoms with Gasteiger partial charge in [0.2, 0.25) is 0 Å². The van der Waals surface area contributed by atoms with E-state index in [-0.39, 0.29) is 17.0 Å². The molecule has 5 heteroatoms. The largest absolute Gasteiger partial charge is 0.371 e. The highest BCUT2D eigenvalue weighted by molar-refractivity contribution is 5.42. The van der Waals surface area contributed by atoms with Gasteiger partial charge in [-0.3, -0.25) is 4.79 Å². The lowest BCUT2D eigenvalue weighted by Crippen LogP contribution is -2.45. The van der Waals surface area contributed by atoms with Gasteiger partial charge in [0.25, 0.3) is 5.56 Å². The maximum atomic E-state index is 12.3. The zero-order valence-corrected chi connectivity index (χ0v) is 14.3. The molecule has 5 nitrogen and oxygen atoms in total. The monoisotopic (exact) mass is 294 g/mol. The number of anilines is 1. The minimum Gasteiger partial charge on any atom is -0.371 e. The lowest BCUT2D eigenvalue weighted by atomic mass is 9.86. The summed E-state index contributed by atoms with van der Waals surface area (Å²) in [5, 5.41) is 7.80. The van der Waals surface area contributed by atoms with Gasteiger partial charge in [-0.15, -0.1) is 0 Å². The molecule has 1 N–H and O–H groups in total. The summed E-state index contributed by atoms with van der Waals surface area (Å²) in [5.74, 6) is 0. The molecule has 0 amide bonds. The standard InChI is InChI=1S/C16H30N4O/c1-7-17-14(16(4,5)6)12-20-15(21)10-13(11-18-20)19(8-2)9-3/h10-11,14,17H,7-9,12H2,1-6H3. The predicted octanol–water partition coefficient (Wildman–Crippen LogP) is 2.11. The van der Waals surface area contributed by atoms with E-state index in [1.807, 2.05) is 0 Å². The van der Waals surface area contributed by atoms with E-state index < -0.39 is 0 Å². The predicted molar refractivity (Wildman–Crippen MR) is 89.0 cm³/mol. The summed E-state index contributed by atoms with van der Waals surface area (Å²) >= 11 is 0. The van der Waals surface area contributed by atoms with Crippen LogP contribution in [0.15, 0.2) is 17.1 Å². The molecular formula is C16H30N4O. The number of nitrogens with zero attached hydrogens (tertiary/aromatic N) is 3. The topological polar surface area (TPSA) is 50.2 Å². The highest BCUT2D eigenvalue weighted by Crippen LogP contribution is 2.20. The molecule has 0 saturated carbocycles. The Morgan fingerprint density at radius 1 is 1.29 bits per heavy atom. The fourth-order valence-corrected chi connectivity index (χ4v) is 2.39. The molecule has 0 bridgehead atoms. The lowest BCUT2D eigenvalue weighted by molar-refractivity contribution is 0.235. The molecule has 21 heavy (non-hydrogen) atoms. The Balaban J connectivity index is 2.97. The van der Waals surface area contributed by atoms with E-state index in [1.54, 1.807) is 16.9 Å². The fourth-order valence-electron chi connectivity index (χ4n) is 2.39. The van der Waals surface area contributed by atoms with E-state index in [0.717, 1.165) is 25.3 Å². The second-order valence-corrected chi connectivity index (χ2v) is 6.38. The third-order valence-corrected chi connectivity index (χ3v) is 3.84. The van der Waals surface area contributed by atoms with Gasteiger partial charge in [-0.2, -0.15) is 5.10 Å². The van der Waals surface area contributed by atoms with Crippen LogP contribution in [0.25, 0.3) is 0 Å². The second kappa shape index (κ2) is 7.59. The smallest absolute Gasteiger partial charge is 0.268 e. The summed E-state index contributed by atoms with van der Waals surface area (Å²) < 4.78 is 1.56. The van der Waals surface area contributed by atoms with Crippen molar-refractivity contribution in [1.82, 2.24) is 15.1 Å². The molecule has 1 aromatic heterocycles. The maximum Gasteiger partial charge on any atom is 0.268 e. The average molecular weight is 294 g/mol. The Kier molecular flexibility index (Phi) is 6.40. The molecule has 0 radical (unpaired) electrons. The van der Waals surface area contributed by atoms with Crippen molar-refractivity contribution in [2.75, 3.05) is 24.5 Å². The molecule has 1 unspecified atom stereocenters.